The topological polar surface area (TPSA) is 89.5 Å². The van der Waals surface area contributed by atoms with Crippen LogP contribution >= 0.6 is 0 Å². The zero-order chi connectivity index (χ0) is 22.1. The Kier molecular flexibility index (Phi) is 8.34. The van der Waals surface area contributed by atoms with E-state index in [1.165, 1.54) is 28.4 Å². The lowest BCUT2D eigenvalue weighted by atomic mass is 10.1. The van der Waals surface area contributed by atoms with Crippen molar-refractivity contribution < 1.29 is 38.0 Å². The molecule has 8 nitrogen and oxygen atoms in total. The number of esters is 2. The highest BCUT2D eigenvalue weighted by Gasteiger charge is 2.18. The van der Waals surface area contributed by atoms with Gasteiger partial charge in [0.25, 0.3) is 0 Å². The van der Waals surface area contributed by atoms with E-state index in [1.807, 2.05) is 6.92 Å². The number of benzene rings is 2. The molecule has 8 heteroatoms. The lowest BCUT2D eigenvalue weighted by molar-refractivity contribution is -0.140. The monoisotopic (exact) mass is 418 g/mol. The summed E-state index contributed by atoms with van der Waals surface area (Å²) in [5.74, 6) is 1.33. The minimum Gasteiger partial charge on any atom is -0.493 e. The molecule has 0 saturated heterocycles. The van der Waals surface area contributed by atoms with Crippen LogP contribution in [0.15, 0.2) is 30.3 Å². The first-order chi connectivity index (χ1) is 14.4. The summed E-state index contributed by atoms with van der Waals surface area (Å²) in [7, 11) is 5.65. The third kappa shape index (κ3) is 5.79. The van der Waals surface area contributed by atoms with Crippen molar-refractivity contribution in [2.45, 2.75) is 19.8 Å². The van der Waals surface area contributed by atoms with Crippen LogP contribution in [0.25, 0.3) is 0 Å². The van der Waals surface area contributed by atoms with Gasteiger partial charge in [0, 0.05) is 11.6 Å². The number of methoxy groups -OCH3 is 4. The molecule has 2 rings (SSSR count). The molecular formula is C22H26O8. The maximum absolute atomic E-state index is 11.9. The molecule has 0 fully saturated rings. The van der Waals surface area contributed by atoms with Gasteiger partial charge in [0.2, 0.25) is 0 Å². The Balaban J connectivity index is 2.50. The fourth-order valence-corrected chi connectivity index (χ4v) is 2.74. The van der Waals surface area contributed by atoms with E-state index in [4.69, 9.17) is 28.4 Å². The van der Waals surface area contributed by atoms with Gasteiger partial charge < -0.3 is 28.4 Å². The molecule has 0 bridgehead atoms. The Bertz CT molecular complexity index is 891. The highest BCUT2D eigenvalue weighted by molar-refractivity contribution is 5.74. The van der Waals surface area contributed by atoms with Crippen molar-refractivity contribution in [3.05, 3.63) is 41.5 Å². The smallest absolute Gasteiger partial charge is 0.310 e. The van der Waals surface area contributed by atoms with Gasteiger partial charge in [0.1, 0.15) is 5.75 Å². The van der Waals surface area contributed by atoms with Crippen LogP contribution in [-0.4, -0.2) is 47.0 Å². The van der Waals surface area contributed by atoms with Crippen LogP contribution in [0.1, 0.15) is 18.1 Å². The molecule has 30 heavy (non-hydrogen) atoms. The molecule has 0 aromatic heterocycles. The molecule has 0 saturated carbocycles. The number of ether oxygens (including phenoxy) is 6. The summed E-state index contributed by atoms with van der Waals surface area (Å²) in [6.45, 7) is 2.28. The zero-order valence-electron chi connectivity index (χ0n) is 17.8. The summed E-state index contributed by atoms with van der Waals surface area (Å²) >= 11 is 0. The highest BCUT2D eigenvalue weighted by Crippen LogP contribution is 2.40. The van der Waals surface area contributed by atoms with Gasteiger partial charge in [-0.2, -0.15) is 0 Å². The van der Waals surface area contributed by atoms with E-state index >= 15 is 0 Å². The molecule has 0 aliphatic heterocycles. The fraction of sp³-hybridized carbons (Fsp3) is 0.364. The summed E-state index contributed by atoms with van der Waals surface area (Å²) in [6, 6.07) is 8.46. The molecular weight excluding hydrogens is 392 g/mol. The van der Waals surface area contributed by atoms with Crippen molar-refractivity contribution in [2.24, 2.45) is 0 Å². The summed E-state index contributed by atoms with van der Waals surface area (Å²) in [4.78, 5) is 23.5. The number of hydrogen-bond acceptors (Lipinski definition) is 8. The zero-order valence-corrected chi connectivity index (χ0v) is 17.8. The highest BCUT2D eigenvalue weighted by atomic mass is 16.5. The quantitative estimate of drug-likeness (QED) is 0.543. The molecule has 0 spiro atoms. The number of rotatable bonds is 10. The summed E-state index contributed by atoms with van der Waals surface area (Å²) in [6.07, 6.45) is 0.0538. The van der Waals surface area contributed by atoms with Crippen molar-refractivity contribution in [3.63, 3.8) is 0 Å². The standard InChI is InChI=1S/C22H26O8/c1-6-29-16-8-7-14(10-21(23)27-4)9-20(16)30-17-13-19(26-3)18(25-2)11-15(17)12-22(24)28-5/h7-9,11,13H,6,10,12H2,1-5H3. The largest absolute Gasteiger partial charge is 0.493 e. The van der Waals surface area contributed by atoms with Crippen molar-refractivity contribution >= 4 is 11.9 Å². The van der Waals surface area contributed by atoms with Crippen LogP contribution in [0, 0.1) is 0 Å². The summed E-state index contributed by atoms with van der Waals surface area (Å²) in [5.41, 5.74) is 1.23. The second kappa shape index (κ2) is 10.9. The van der Waals surface area contributed by atoms with E-state index in [2.05, 4.69) is 0 Å². The van der Waals surface area contributed by atoms with Crippen LogP contribution in [0.4, 0.5) is 0 Å². The first-order valence-corrected chi connectivity index (χ1v) is 9.27. The molecule has 162 valence electrons. The van der Waals surface area contributed by atoms with Gasteiger partial charge >= 0.3 is 11.9 Å². The van der Waals surface area contributed by atoms with Crippen LogP contribution in [-0.2, 0) is 31.9 Å². The molecule has 0 unspecified atom stereocenters. The van der Waals surface area contributed by atoms with Gasteiger partial charge in [-0.15, -0.1) is 0 Å². The Hall–Kier alpha value is -3.42. The molecule has 0 radical (unpaired) electrons. The van der Waals surface area contributed by atoms with Gasteiger partial charge in [-0.05, 0) is 30.7 Å². The average Bonchev–Trinajstić information content (AvgIpc) is 2.75. The summed E-state index contributed by atoms with van der Waals surface area (Å²) in [5, 5.41) is 0. The van der Waals surface area contributed by atoms with E-state index in [1.54, 1.807) is 30.3 Å². The molecule has 0 aliphatic rings. The first-order valence-electron chi connectivity index (χ1n) is 9.27. The third-order valence-electron chi connectivity index (χ3n) is 4.23. The van der Waals surface area contributed by atoms with E-state index in [9.17, 15) is 9.59 Å². The lowest BCUT2D eigenvalue weighted by Gasteiger charge is -2.17. The van der Waals surface area contributed by atoms with Crippen molar-refractivity contribution in [3.8, 4) is 28.7 Å². The van der Waals surface area contributed by atoms with Gasteiger partial charge in [0.05, 0.1) is 47.9 Å². The Morgan fingerprint density at radius 1 is 0.733 bits per heavy atom. The number of hydrogen-bond donors (Lipinski definition) is 0. The van der Waals surface area contributed by atoms with Gasteiger partial charge in [-0.3, -0.25) is 9.59 Å². The minimum absolute atomic E-state index is 0.0298. The van der Waals surface area contributed by atoms with E-state index in [0.717, 1.165) is 0 Å². The van der Waals surface area contributed by atoms with E-state index in [-0.39, 0.29) is 18.8 Å². The Morgan fingerprint density at radius 3 is 1.97 bits per heavy atom. The van der Waals surface area contributed by atoms with Crippen molar-refractivity contribution in [1.29, 1.82) is 0 Å². The van der Waals surface area contributed by atoms with Crippen LogP contribution < -0.4 is 18.9 Å². The van der Waals surface area contributed by atoms with Crippen molar-refractivity contribution in [1.82, 2.24) is 0 Å². The molecule has 0 amide bonds. The molecule has 0 N–H and O–H groups in total. The molecule has 0 heterocycles. The minimum atomic E-state index is -0.434. The first kappa shape index (κ1) is 22.9. The molecule has 2 aromatic rings. The second-order valence-electron chi connectivity index (χ2n) is 6.14. The van der Waals surface area contributed by atoms with Gasteiger partial charge in [0.15, 0.2) is 23.0 Å². The van der Waals surface area contributed by atoms with E-state index < -0.39 is 5.97 Å². The molecule has 0 aliphatic carbocycles. The summed E-state index contributed by atoms with van der Waals surface area (Å²) < 4.78 is 32.0. The SMILES string of the molecule is CCOc1ccc(CC(=O)OC)cc1Oc1cc(OC)c(OC)cc1CC(=O)OC. The predicted octanol–water partition coefficient (Wildman–Crippen LogP) is 3.33. The van der Waals surface area contributed by atoms with Crippen molar-refractivity contribution in [2.75, 3.05) is 35.0 Å². The Morgan fingerprint density at radius 2 is 1.37 bits per heavy atom. The lowest BCUT2D eigenvalue weighted by Crippen LogP contribution is -2.07. The van der Waals surface area contributed by atoms with E-state index in [0.29, 0.717) is 46.5 Å². The average molecular weight is 418 g/mol. The van der Waals surface area contributed by atoms with Gasteiger partial charge in [-0.25, -0.2) is 0 Å². The normalized spacial score (nSPS) is 10.2. The molecule has 0 atom stereocenters. The number of carbonyl (C=O) groups is 2. The maximum atomic E-state index is 11.9. The fourth-order valence-electron chi connectivity index (χ4n) is 2.74. The maximum Gasteiger partial charge on any atom is 0.310 e. The third-order valence-corrected chi connectivity index (χ3v) is 4.23. The van der Waals surface area contributed by atoms with Crippen LogP contribution in [0.3, 0.4) is 0 Å². The van der Waals surface area contributed by atoms with Crippen LogP contribution in [0.5, 0.6) is 28.7 Å². The Labute approximate surface area is 175 Å². The second-order valence-corrected chi connectivity index (χ2v) is 6.14. The van der Waals surface area contributed by atoms with Crippen LogP contribution in [0.2, 0.25) is 0 Å². The predicted molar refractivity (Wildman–Crippen MR) is 109 cm³/mol. The number of carbonyl (C=O) groups excluding carboxylic acids is 2. The molecule has 2 aromatic carbocycles. The van der Waals surface area contributed by atoms with Gasteiger partial charge in [-0.1, -0.05) is 6.07 Å².